The van der Waals surface area contributed by atoms with E-state index in [2.05, 4.69) is 5.32 Å². The van der Waals surface area contributed by atoms with E-state index >= 15 is 0 Å². The number of hydrogen-bond acceptors (Lipinski definition) is 2. The van der Waals surface area contributed by atoms with E-state index in [4.69, 9.17) is 16.7 Å². The minimum Gasteiger partial charge on any atom is -0.478 e. The Hall–Kier alpha value is -1.48. The van der Waals surface area contributed by atoms with Gasteiger partial charge in [0.25, 0.3) is 0 Å². The van der Waals surface area contributed by atoms with Gasteiger partial charge in [0, 0.05) is 23.0 Å². The summed E-state index contributed by atoms with van der Waals surface area (Å²) in [6.45, 7) is 1.89. The third kappa shape index (κ3) is 3.11. The van der Waals surface area contributed by atoms with Crippen molar-refractivity contribution in [3.8, 4) is 0 Å². The smallest absolute Gasteiger partial charge is 0.329 e. The van der Waals surface area contributed by atoms with E-state index in [1.165, 1.54) is 6.20 Å². The Morgan fingerprint density at radius 1 is 1.57 bits per heavy atom. The molecule has 14 heavy (non-hydrogen) atoms. The highest BCUT2D eigenvalue weighted by atomic mass is 35.5. The van der Waals surface area contributed by atoms with Gasteiger partial charge in [0.1, 0.15) is 0 Å². The first-order valence-corrected chi connectivity index (χ1v) is 4.39. The van der Waals surface area contributed by atoms with Crippen LogP contribution in [-0.4, -0.2) is 11.1 Å². The topological polar surface area (TPSA) is 49.3 Å². The van der Waals surface area contributed by atoms with E-state index in [1.54, 1.807) is 18.2 Å². The molecule has 0 aromatic heterocycles. The summed E-state index contributed by atoms with van der Waals surface area (Å²) in [7, 11) is 0. The highest BCUT2D eigenvalue weighted by Gasteiger charge is 1.96. The first-order chi connectivity index (χ1) is 6.59. The van der Waals surface area contributed by atoms with Crippen molar-refractivity contribution in [1.29, 1.82) is 0 Å². The van der Waals surface area contributed by atoms with Crippen LogP contribution >= 0.6 is 11.6 Å². The minimum absolute atomic E-state index is 0.662. The van der Waals surface area contributed by atoms with Gasteiger partial charge in [0.2, 0.25) is 0 Å². The molecule has 0 bridgehead atoms. The van der Waals surface area contributed by atoms with Crippen LogP contribution in [0.3, 0.4) is 0 Å². The number of hydrogen-bond donors (Lipinski definition) is 2. The Morgan fingerprint density at radius 2 is 2.29 bits per heavy atom. The van der Waals surface area contributed by atoms with Gasteiger partial charge in [-0.2, -0.15) is 0 Å². The lowest BCUT2D eigenvalue weighted by atomic mass is 10.2. The molecule has 0 amide bonds. The van der Waals surface area contributed by atoms with Crippen LogP contribution < -0.4 is 5.32 Å². The average molecular weight is 212 g/mol. The molecule has 74 valence electrons. The molecule has 0 aliphatic rings. The fourth-order valence-corrected chi connectivity index (χ4v) is 1.22. The summed E-state index contributed by atoms with van der Waals surface area (Å²) in [5.41, 5.74) is 1.81. The molecule has 4 heteroatoms. The molecule has 1 aromatic rings. The fourth-order valence-electron chi connectivity index (χ4n) is 0.992. The number of aryl methyl sites for hydroxylation is 1. The molecule has 1 rings (SSSR count). The number of carbonyl (C=O) groups is 1. The van der Waals surface area contributed by atoms with E-state index in [-0.39, 0.29) is 0 Å². The maximum Gasteiger partial charge on any atom is 0.329 e. The second-order valence-electron chi connectivity index (χ2n) is 2.78. The number of carboxylic acids is 1. The van der Waals surface area contributed by atoms with Crippen molar-refractivity contribution in [2.45, 2.75) is 6.92 Å². The molecular formula is C10H10ClNO2. The summed E-state index contributed by atoms with van der Waals surface area (Å²) < 4.78 is 0. The van der Waals surface area contributed by atoms with Gasteiger partial charge in [-0.25, -0.2) is 4.79 Å². The van der Waals surface area contributed by atoms with Gasteiger partial charge >= 0.3 is 5.97 Å². The van der Waals surface area contributed by atoms with Crippen LogP contribution in [0.2, 0.25) is 5.02 Å². The Bertz CT molecular complexity index is 374. The van der Waals surface area contributed by atoms with Gasteiger partial charge in [-0.15, -0.1) is 0 Å². The lowest BCUT2D eigenvalue weighted by Crippen LogP contribution is -1.93. The average Bonchev–Trinajstić information content (AvgIpc) is 2.08. The first-order valence-electron chi connectivity index (χ1n) is 4.02. The predicted octanol–water partition coefficient (Wildman–Crippen LogP) is 2.66. The number of aliphatic carboxylic acids is 1. The van der Waals surface area contributed by atoms with Crippen molar-refractivity contribution >= 4 is 23.3 Å². The van der Waals surface area contributed by atoms with Crippen molar-refractivity contribution in [2.24, 2.45) is 0 Å². The molecule has 0 saturated heterocycles. The molecule has 0 atom stereocenters. The predicted molar refractivity (Wildman–Crippen MR) is 56.6 cm³/mol. The van der Waals surface area contributed by atoms with Gasteiger partial charge in [-0.3, -0.25) is 0 Å². The van der Waals surface area contributed by atoms with Gasteiger partial charge in [0.05, 0.1) is 0 Å². The molecule has 2 N–H and O–H groups in total. The van der Waals surface area contributed by atoms with E-state index in [0.717, 1.165) is 17.3 Å². The number of rotatable bonds is 3. The Labute approximate surface area is 87.0 Å². The maximum absolute atomic E-state index is 10.2. The molecule has 0 saturated carbocycles. The zero-order chi connectivity index (χ0) is 10.6. The SMILES string of the molecule is Cc1cc(Cl)ccc1N/C=C/C(=O)O. The van der Waals surface area contributed by atoms with Crippen LogP contribution in [0.15, 0.2) is 30.5 Å². The van der Waals surface area contributed by atoms with Crippen molar-refractivity contribution in [3.63, 3.8) is 0 Å². The number of benzene rings is 1. The molecule has 0 fully saturated rings. The van der Waals surface area contributed by atoms with E-state index in [1.807, 2.05) is 6.92 Å². The summed E-state index contributed by atoms with van der Waals surface area (Å²) in [6, 6.07) is 5.34. The van der Waals surface area contributed by atoms with Crippen molar-refractivity contribution in [1.82, 2.24) is 0 Å². The van der Waals surface area contributed by atoms with Crippen molar-refractivity contribution in [3.05, 3.63) is 41.1 Å². The highest BCUT2D eigenvalue weighted by Crippen LogP contribution is 2.19. The summed E-state index contributed by atoms with van der Waals surface area (Å²) >= 11 is 5.76. The zero-order valence-electron chi connectivity index (χ0n) is 7.62. The molecule has 0 aliphatic carbocycles. The molecule has 0 spiro atoms. The third-order valence-electron chi connectivity index (χ3n) is 1.65. The lowest BCUT2D eigenvalue weighted by molar-refractivity contribution is -0.131. The second-order valence-corrected chi connectivity index (χ2v) is 3.21. The number of nitrogens with one attached hydrogen (secondary N) is 1. The monoisotopic (exact) mass is 211 g/mol. The summed E-state index contributed by atoms with van der Waals surface area (Å²) in [5, 5.41) is 11.9. The molecular weight excluding hydrogens is 202 g/mol. The molecule has 0 radical (unpaired) electrons. The van der Waals surface area contributed by atoms with Crippen LogP contribution in [0, 0.1) is 6.92 Å². The number of halogens is 1. The van der Waals surface area contributed by atoms with Crippen LogP contribution in [0.5, 0.6) is 0 Å². The normalized spacial score (nSPS) is 10.4. The highest BCUT2D eigenvalue weighted by molar-refractivity contribution is 6.30. The standard InChI is InChI=1S/C10H10ClNO2/c1-7-6-8(11)2-3-9(7)12-5-4-10(13)14/h2-6,12H,1H3,(H,13,14)/b5-4+. The Morgan fingerprint density at radius 3 is 2.86 bits per heavy atom. The molecule has 0 unspecified atom stereocenters. The van der Waals surface area contributed by atoms with Crippen LogP contribution in [-0.2, 0) is 4.79 Å². The quantitative estimate of drug-likeness (QED) is 0.756. The first kappa shape index (κ1) is 10.6. The van der Waals surface area contributed by atoms with Crippen molar-refractivity contribution < 1.29 is 9.90 Å². The fraction of sp³-hybridized carbons (Fsp3) is 0.100. The Balaban J connectivity index is 2.73. The van der Waals surface area contributed by atoms with Crippen molar-refractivity contribution in [2.75, 3.05) is 5.32 Å². The molecule has 3 nitrogen and oxygen atoms in total. The molecule has 0 heterocycles. The van der Waals surface area contributed by atoms with Gasteiger partial charge in [-0.1, -0.05) is 11.6 Å². The molecule has 0 aliphatic heterocycles. The summed E-state index contributed by atoms with van der Waals surface area (Å²) in [5.74, 6) is -0.982. The minimum atomic E-state index is -0.982. The largest absolute Gasteiger partial charge is 0.478 e. The van der Waals surface area contributed by atoms with Crippen LogP contribution in [0.1, 0.15) is 5.56 Å². The van der Waals surface area contributed by atoms with Gasteiger partial charge in [0.15, 0.2) is 0 Å². The number of anilines is 1. The van der Waals surface area contributed by atoms with E-state index in [0.29, 0.717) is 5.02 Å². The third-order valence-corrected chi connectivity index (χ3v) is 1.89. The summed E-state index contributed by atoms with van der Waals surface area (Å²) in [4.78, 5) is 10.2. The van der Waals surface area contributed by atoms with Crippen LogP contribution in [0.4, 0.5) is 5.69 Å². The van der Waals surface area contributed by atoms with Gasteiger partial charge in [-0.05, 0) is 30.7 Å². The van der Waals surface area contributed by atoms with Gasteiger partial charge < -0.3 is 10.4 Å². The Kier molecular flexibility index (Phi) is 3.54. The number of carboxylic acid groups (broad SMARTS) is 1. The van der Waals surface area contributed by atoms with Crippen LogP contribution in [0.25, 0.3) is 0 Å². The second kappa shape index (κ2) is 4.67. The molecule has 1 aromatic carbocycles. The maximum atomic E-state index is 10.2. The van der Waals surface area contributed by atoms with E-state index < -0.39 is 5.97 Å². The summed E-state index contributed by atoms with van der Waals surface area (Å²) in [6.07, 6.45) is 2.41. The zero-order valence-corrected chi connectivity index (χ0v) is 8.38. The lowest BCUT2D eigenvalue weighted by Gasteiger charge is -2.04. The van der Waals surface area contributed by atoms with E-state index in [9.17, 15) is 4.79 Å².